The second-order valence-electron chi connectivity index (χ2n) is 5.00. The van der Waals surface area contributed by atoms with Crippen LogP contribution in [0, 0.1) is 0 Å². The monoisotopic (exact) mass is 289 g/mol. The summed E-state index contributed by atoms with van der Waals surface area (Å²) in [4.78, 5) is 0. The predicted molar refractivity (Wildman–Crippen MR) is 83.1 cm³/mol. The molecule has 0 fully saturated rings. The largest absolute Gasteiger partial charge is 0.493 e. The van der Waals surface area contributed by atoms with Gasteiger partial charge in [0, 0.05) is 12.5 Å². The van der Waals surface area contributed by atoms with Crippen LogP contribution in [0.25, 0.3) is 0 Å². The van der Waals surface area contributed by atoms with Gasteiger partial charge in [-0.2, -0.15) is 0 Å². The van der Waals surface area contributed by atoms with Crippen LogP contribution in [0.5, 0.6) is 11.5 Å². The Balaban J connectivity index is 1.97. The molecule has 1 aromatic carbocycles. The molecule has 0 saturated carbocycles. The van der Waals surface area contributed by atoms with Crippen LogP contribution in [0.3, 0.4) is 0 Å². The summed E-state index contributed by atoms with van der Waals surface area (Å²) in [5.41, 5.74) is 1.23. The average Bonchev–Trinajstić information content (AvgIpc) is 3.04. The van der Waals surface area contributed by atoms with E-state index >= 15 is 0 Å². The standard InChI is InChI=1S/C17H23NO3/c1-18-14(7-8-15-5-4-10-21-15)11-13-6-9-16(19-2)17(12-13)20-3/h4-6,9-10,12,14,18H,7-8,11H2,1-3H3. The van der Waals surface area contributed by atoms with Crippen molar-refractivity contribution in [2.24, 2.45) is 0 Å². The smallest absolute Gasteiger partial charge is 0.160 e. The van der Waals surface area contributed by atoms with Crippen LogP contribution in [-0.4, -0.2) is 27.3 Å². The van der Waals surface area contributed by atoms with Crippen molar-refractivity contribution in [1.82, 2.24) is 5.32 Å². The molecule has 4 heteroatoms. The first kappa shape index (κ1) is 15.4. The number of likely N-dealkylation sites (N-methyl/N-ethyl adjacent to an activating group) is 1. The van der Waals surface area contributed by atoms with E-state index in [0.29, 0.717) is 6.04 Å². The van der Waals surface area contributed by atoms with Gasteiger partial charge in [-0.25, -0.2) is 0 Å². The number of benzene rings is 1. The van der Waals surface area contributed by atoms with E-state index < -0.39 is 0 Å². The van der Waals surface area contributed by atoms with Gasteiger partial charge in [0.25, 0.3) is 0 Å². The van der Waals surface area contributed by atoms with Crippen molar-refractivity contribution < 1.29 is 13.9 Å². The predicted octanol–water partition coefficient (Wildman–Crippen LogP) is 3.06. The first-order valence-corrected chi connectivity index (χ1v) is 7.17. The maximum Gasteiger partial charge on any atom is 0.160 e. The third-order valence-electron chi connectivity index (χ3n) is 3.66. The zero-order valence-electron chi connectivity index (χ0n) is 12.9. The van der Waals surface area contributed by atoms with Crippen LogP contribution in [0.4, 0.5) is 0 Å². The van der Waals surface area contributed by atoms with Crippen molar-refractivity contribution in [3.8, 4) is 11.5 Å². The van der Waals surface area contributed by atoms with Gasteiger partial charge in [0.1, 0.15) is 5.76 Å². The fourth-order valence-electron chi connectivity index (χ4n) is 2.41. The fourth-order valence-corrected chi connectivity index (χ4v) is 2.41. The first-order valence-electron chi connectivity index (χ1n) is 7.17. The van der Waals surface area contributed by atoms with Crippen LogP contribution >= 0.6 is 0 Å². The molecule has 0 spiro atoms. The molecule has 2 rings (SSSR count). The van der Waals surface area contributed by atoms with Crippen molar-refractivity contribution in [3.63, 3.8) is 0 Å². The Morgan fingerprint density at radius 2 is 1.95 bits per heavy atom. The van der Waals surface area contributed by atoms with Gasteiger partial charge in [-0.3, -0.25) is 0 Å². The van der Waals surface area contributed by atoms with Gasteiger partial charge in [-0.1, -0.05) is 6.07 Å². The third-order valence-corrected chi connectivity index (χ3v) is 3.66. The third kappa shape index (κ3) is 4.26. The highest BCUT2D eigenvalue weighted by Gasteiger charge is 2.11. The Morgan fingerprint density at radius 1 is 1.14 bits per heavy atom. The Kier molecular flexibility index (Phi) is 5.69. The number of methoxy groups -OCH3 is 2. The number of hydrogen-bond acceptors (Lipinski definition) is 4. The van der Waals surface area contributed by atoms with Gasteiger partial charge >= 0.3 is 0 Å². The van der Waals surface area contributed by atoms with E-state index in [9.17, 15) is 0 Å². The summed E-state index contributed by atoms with van der Waals surface area (Å²) in [5.74, 6) is 2.57. The summed E-state index contributed by atoms with van der Waals surface area (Å²) >= 11 is 0. The summed E-state index contributed by atoms with van der Waals surface area (Å²) < 4.78 is 16.0. The summed E-state index contributed by atoms with van der Waals surface area (Å²) in [6.07, 6.45) is 4.62. The van der Waals surface area contributed by atoms with Crippen molar-refractivity contribution in [3.05, 3.63) is 47.9 Å². The molecule has 0 aliphatic rings. The minimum Gasteiger partial charge on any atom is -0.493 e. The SMILES string of the molecule is CNC(CCc1ccco1)Cc1ccc(OC)c(OC)c1. The lowest BCUT2D eigenvalue weighted by Crippen LogP contribution is -2.28. The molecule has 0 amide bonds. The lowest BCUT2D eigenvalue weighted by atomic mass is 10.0. The second-order valence-corrected chi connectivity index (χ2v) is 5.00. The highest BCUT2D eigenvalue weighted by Crippen LogP contribution is 2.28. The zero-order valence-corrected chi connectivity index (χ0v) is 12.9. The van der Waals surface area contributed by atoms with Crippen molar-refractivity contribution in [1.29, 1.82) is 0 Å². The van der Waals surface area contributed by atoms with Crippen molar-refractivity contribution in [2.75, 3.05) is 21.3 Å². The summed E-state index contributed by atoms with van der Waals surface area (Å²) in [6.45, 7) is 0. The lowest BCUT2D eigenvalue weighted by molar-refractivity contribution is 0.354. The Bertz CT molecular complexity index is 537. The molecule has 1 N–H and O–H groups in total. The maximum atomic E-state index is 5.38. The van der Waals surface area contributed by atoms with Crippen LogP contribution in [0.15, 0.2) is 41.0 Å². The van der Waals surface area contributed by atoms with Crippen LogP contribution < -0.4 is 14.8 Å². The molecule has 0 bridgehead atoms. The molecule has 0 radical (unpaired) electrons. The summed E-state index contributed by atoms with van der Waals surface area (Å²) in [7, 11) is 5.30. The van der Waals surface area contributed by atoms with E-state index in [1.165, 1.54) is 5.56 Å². The lowest BCUT2D eigenvalue weighted by Gasteiger charge is -2.17. The van der Waals surface area contributed by atoms with Gasteiger partial charge in [0.15, 0.2) is 11.5 Å². The quantitative estimate of drug-likeness (QED) is 0.811. The van der Waals surface area contributed by atoms with Gasteiger partial charge in [-0.15, -0.1) is 0 Å². The maximum absolute atomic E-state index is 5.38. The fraction of sp³-hybridized carbons (Fsp3) is 0.412. The van der Waals surface area contributed by atoms with Crippen molar-refractivity contribution >= 4 is 0 Å². The zero-order chi connectivity index (χ0) is 15.1. The molecule has 1 unspecified atom stereocenters. The Morgan fingerprint density at radius 3 is 2.57 bits per heavy atom. The van der Waals surface area contributed by atoms with E-state index in [1.54, 1.807) is 20.5 Å². The minimum absolute atomic E-state index is 0.396. The van der Waals surface area contributed by atoms with Gasteiger partial charge in [0.2, 0.25) is 0 Å². The normalized spacial score (nSPS) is 12.1. The number of aryl methyl sites for hydroxylation is 1. The summed E-state index contributed by atoms with van der Waals surface area (Å²) in [6, 6.07) is 10.4. The van der Waals surface area contributed by atoms with E-state index in [4.69, 9.17) is 13.9 Å². The van der Waals surface area contributed by atoms with Crippen LogP contribution in [-0.2, 0) is 12.8 Å². The molecule has 1 aromatic heterocycles. The van der Waals surface area contributed by atoms with E-state index in [1.807, 2.05) is 31.3 Å². The summed E-state index contributed by atoms with van der Waals surface area (Å²) in [5, 5.41) is 3.37. The van der Waals surface area contributed by atoms with Crippen molar-refractivity contribution in [2.45, 2.75) is 25.3 Å². The Labute approximate surface area is 126 Å². The molecular weight excluding hydrogens is 266 g/mol. The Hall–Kier alpha value is -1.94. The topological polar surface area (TPSA) is 43.6 Å². The number of ether oxygens (including phenoxy) is 2. The second kappa shape index (κ2) is 7.74. The van der Waals surface area contributed by atoms with Gasteiger partial charge < -0.3 is 19.2 Å². The number of rotatable bonds is 8. The molecular formula is C17H23NO3. The number of hydrogen-bond donors (Lipinski definition) is 1. The first-order chi connectivity index (χ1) is 10.3. The molecule has 0 aliphatic carbocycles. The molecule has 0 aliphatic heterocycles. The van der Waals surface area contributed by atoms with E-state index in [0.717, 1.165) is 36.5 Å². The minimum atomic E-state index is 0.396. The number of nitrogens with one attached hydrogen (secondary N) is 1. The van der Waals surface area contributed by atoms with Gasteiger partial charge in [0.05, 0.1) is 20.5 Å². The number of furan rings is 1. The highest BCUT2D eigenvalue weighted by atomic mass is 16.5. The molecule has 1 heterocycles. The van der Waals surface area contributed by atoms with E-state index in [2.05, 4.69) is 11.4 Å². The molecule has 4 nitrogen and oxygen atoms in total. The molecule has 21 heavy (non-hydrogen) atoms. The van der Waals surface area contributed by atoms with Gasteiger partial charge in [-0.05, 0) is 49.7 Å². The molecule has 114 valence electrons. The molecule has 0 saturated heterocycles. The van der Waals surface area contributed by atoms with E-state index in [-0.39, 0.29) is 0 Å². The average molecular weight is 289 g/mol. The van der Waals surface area contributed by atoms with Crippen LogP contribution in [0.1, 0.15) is 17.7 Å². The highest BCUT2D eigenvalue weighted by molar-refractivity contribution is 5.43. The van der Waals surface area contributed by atoms with Crippen LogP contribution in [0.2, 0.25) is 0 Å². The molecule has 2 aromatic rings. The molecule has 1 atom stereocenters.